The highest BCUT2D eigenvalue weighted by Gasteiger charge is 2.20. The molecule has 136 valence electrons. The number of sulfonamides is 1. The number of likely N-dealkylation sites (N-methyl/N-ethyl adjacent to an activating group) is 1. The van der Waals surface area contributed by atoms with E-state index in [1.54, 1.807) is 0 Å². The zero-order valence-electron chi connectivity index (χ0n) is 14.4. The molecule has 0 unspecified atom stereocenters. The second kappa shape index (κ2) is 9.71. The summed E-state index contributed by atoms with van der Waals surface area (Å²) in [6, 6.07) is 4.88. The number of rotatable bonds is 10. The largest absolute Gasteiger partial charge is 0.355 e. The fourth-order valence-electron chi connectivity index (χ4n) is 2.14. The molecule has 0 bridgehead atoms. The summed E-state index contributed by atoms with van der Waals surface area (Å²) in [5, 5.41) is 5.99. The molecular weight excluding hydrogens is 333 g/mol. The van der Waals surface area contributed by atoms with Gasteiger partial charge in [-0.3, -0.25) is 4.79 Å². The molecule has 0 aliphatic rings. The Hall–Kier alpha value is -1.51. The molecule has 0 aromatic heterocycles. The molecule has 0 radical (unpaired) electrons. The summed E-state index contributed by atoms with van der Waals surface area (Å²) in [6.07, 6.45) is 0.667. The Kier molecular flexibility index (Phi) is 8.30. The van der Waals surface area contributed by atoms with Crippen molar-refractivity contribution in [2.75, 3.05) is 26.7 Å². The summed E-state index contributed by atoms with van der Waals surface area (Å²) in [6.45, 7) is 5.57. The Morgan fingerprint density at radius 1 is 1.29 bits per heavy atom. The van der Waals surface area contributed by atoms with Crippen molar-refractivity contribution in [2.24, 2.45) is 0 Å². The molecule has 0 heterocycles. The zero-order valence-corrected chi connectivity index (χ0v) is 15.2. The van der Waals surface area contributed by atoms with Crippen molar-refractivity contribution in [2.45, 2.75) is 37.6 Å². The monoisotopic (exact) mass is 359 g/mol. The van der Waals surface area contributed by atoms with Gasteiger partial charge in [-0.05, 0) is 44.2 Å². The van der Waals surface area contributed by atoms with Crippen molar-refractivity contribution < 1.29 is 17.6 Å². The Morgan fingerprint density at radius 2 is 1.92 bits per heavy atom. The molecule has 2 N–H and O–H groups in total. The van der Waals surface area contributed by atoms with Gasteiger partial charge in [-0.15, -0.1) is 0 Å². The number of hydrogen-bond donors (Lipinski definition) is 2. The number of hydrogen-bond acceptors (Lipinski definition) is 4. The highest BCUT2D eigenvalue weighted by atomic mass is 32.2. The maximum absolute atomic E-state index is 12.9. The van der Waals surface area contributed by atoms with Crippen LogP contribution in [0.1, 0.15) is 26.7 Å². The van der Waals surface area contributed by atoms with Crippen LogP contribution in [0.15, 0.2) is 29.2 Å². The topological polar surface area (TPSA) is 78.5 Å². The molecule has 8 heteroatoms. The molecule has 1 rings (SSSR count). The van der Waals surface area contributed by atoms with Gasteiger partial charge < -0.3 is 10.6 Å². The maximum atomic E-state index is 12.9. The average Bonchev–Trinajstić information content (AvgIpc) is 2.53. The van der Waals surface area contributed by atoms with Gasteiger partial charge in [0.2, 0.25) is 15.9 Å². The normalized spacial score (nSPS) is 13.0. The average molecular weight is 359 g/mol. The first-order valence-electron chi connectivity index (χ1n) is 7.99. The molecule has 0 spiro atoms. The van der Waals surface area contributed by atoms with Crippen LogP contribution in [0, 0.1) is 5.82 Å². The van der Waals surface area contributed by atoms with Crippen molar-refractivity contribution in [3.8, 4) is 0 Å². The standard InChI is InChI=1S/C16H26FN3O3S/c1-4-18-13(2)12-19-16(21)6-5-11-20(3)24(22,23)15-9-7-14(17)8-10-15/h7-10,13,18H,4-6,11-12H2,1-3H3,(H,19,21)/t13-/m1/s1. The Labute approximate surface area is 143 Å². The van der Waals surface area contributed by atoms with Gasteiger partial charge in [-0.1, -0.05) is 6.92 Å². The van der Waals surface area contributed by atoms with E-state index in [0.717, 1.165) is 18.7 Å². The SMILES string of the molecule is CCN[C@H](C)CNC(=O)CCCN(C)S(=O)(=O)c1ccc(F)cc1. The van der Waals surface area contributed by atoms with Crippen molar-refractivity contribution in [1.82, 2.24) is 14.9 Å². The highest BCUT2D eigenvalue weighted by molar-refractivity contribution is 7.89. The predicted octanol–water partition coefficient (Wildman–Crippen LogP) is 1.34. The third-order valence-electron chi connectivity index (χ3n) is 3.56. The zero-order chi connectivity index (χ0) is 18.2. The molecule has 1 amide bonds. The van der Waals surface area contributed by atoms with Crippen LogP contribution in [0.4, 0.5) is 4.39 Å². The van der Waals surface area contributed by atoms with Crippen molar-refractivity contribution in [3.05, 3.63) is 30.1 Å². The van der Waals surface area contributed by atoms with Crippen molar-refractivity contribution >= 4 is 15.9 Å². The molecule has 0 aliphatic carbocycles. The summed E-state index contributed by atoms with van der Waals surface area (Å²) in [5.74, 6) is -0.590. The van der Waals surface area contributed by atoms with Crippen LogP contribution in [0.25, 0.3) is 0 Å². The summed E-state index contributed by atoms with van der Waals surface area (Å²) < 4.78 is 38.7. The molecule has 0 saturated heterocycles. The Morgan fingerprint density at radius 3 is 2.50 bits per heavy atom. The van der Waals surface area contributed by atoms with Crippen molar-refractivity contribution in [3.63, 3.8) is 0 Å². The van der Waals surface area contributed by atoms with Gasteiger partial charge in [0.15, 0.2) is 0 Å². The third kappa shape index (κ3) is 6.54. The Bertz CT molecular complexity index is 620. The number of nitrogens with one attached hydrogen (secondary N) is 2. The van der Waals surface area contributed by atoms with Crippen LogP contribution in [-0.2, 0) is 14.8 Å². The maximum Gasteiger partial charge on any atom is 0.242 e. The van der Waals surface area contributed by atoms with Gasteiger partial charge >= 0.3 is 0 Å². The fourth-order valence-corrected chi connectivity index (χ4v) is 3.35. The van der Waals surface area contributed by atoms with Crippen LogP contribution in [0.5, 0.6) is 0 Å². The molecular formula is C16H26FN3O3S. The summed E-state index contributed by atoms with van der Waals surface area (Å²) in [7, 11) is -2.21. The second-order valence-corrected chi connectivity index (χ2v) is 7.69. The number of halogens is 1. The summed E-state index contributed by atoms with van der Waals surface area (Å²) in [5.41, 5.74) is 0. The van der Waals surface area contributed by atoms with E-state index in [4.69, 9.17) is 0 Å². The molecule has 1 atom stereocenters. The minimum atomic E-state index is -3.66. The van der Waals surface area contributed by atoms with E-state index in [9.17, 15) is 17.6 Å². The lowest BCUT2D eigenvalue weighted by molar-refractivity contribution is -0.121. The van der Waals surface area contributed by atoms with E-state index in [-0.39, 0.29) is 29.8 Å². The molecule has 1 aromatic rings. The van der Waals surface area contributed by atoms with E-state index in [1.807, 2.05) is 13.8 Å². The van der Waals surface area contributed by atoms with Crippen LogP contribution < -0.4 is 10.6 Å². The third-order valence-corrected chi connectivity index (χ3v) is 5.43. The second-order valence-electron chi connectivity index (χ2n) is 5.65. The number of carbonyl (C=O) groups is 1. The lowest BCUT2D eigenvalue weighted by atomic mass is 10.2. The van der Waals surface area contributed by atoms with Crippen molar-refractivity contribution in [1.29, 1.82) is 0 Å². The van der Waals surface area contributed by atoms with E-state index in [2.05, 4.69) is 10.6 Å². The lowest BCUT2D eigenvalue weighted by Gasteiger charge is -2.17. The molecule has 6 nitrogen and oxygen atoms in total. The van der Waals surface area contributed by atoms with Gasteiger partial charge in [-0.25, -0.2) is 17.1 Å². The lowest BCUT2D eigenvalue weighted by Crippen LogP contribution is -2.39. The molecule has 24 heavy (non-hydrogen) atoms. The smallest absolute Gasteiger partial charge is 0.242 e. The first kappa shape index (κ1) is 20.5. The number of amides is 1. The van der Waals surface area contributed by atoms with Gasteiger partial charge in [-0.2, -0.15) is 0 Å². The van der Waals surface area contributed by atoms with E-state index in [0.29, 0.717) is 13.0 Å². The van der Waals surface area contributed by atoms with Gasteiger partial charge in [0.05, 0.1) is 4.90 Å². The first-order valence-corrected chi connectivity index (χ1v) is 9.43. The van der Waals surface area contributed by atoms with E-state index >= 15 is 0 Å². The molecule has 1 aromatic carbocycles. The summed E-state index contributed by atoms with van der Waals surface area (Å²) >= 11 is 0. The minimum absolute atomic E-state index is 0.0373. The summed E-state index contributed by atoms with van der Waals surface area (Å²) in [4.78, 5) is 11.8. The van der Waals surface area contributed by atoms with Crippen LogP contribution in [0.2, 0.25) is 0 Å². The molecule has 0 saturated carbocycles. The number of benzene rings is 1. The van der Waals surface area contributed by atoms with Gasteiger partial charge in [0.25, 0.3) is 0 Å². The molecule has 0 aliphatic heterocycles. The quantitative estimate of drug-likeness (QED) is 0.661. The number of nitrogens with zero attached hydrogens (tertiary/aromatic N) is 1. The first-order chi connectivity index (χ1) is 11.3. The minimum Gasteiger partial charge on any atom is -0.355 e. The van der Waals surface area contributed by atoms with E-state index in [1.165, 1.54) is 23.5 Å². The predicted molar refractivity (Wildman–Crippen MR) is 91.6 cm³/mol. The van der Waals surface area contributed by atoms with Gasteiger partial charge in [0.1, 0.15) is 5.82 Å². The van der Waals surface area contributed by atoms with E-state index < -0.39 is 15.8 Å². The van der Waals surface area contributed by atoms with Crippen LogP contribution in [0.3, 0.4) is 0 Å². The van der Waals surface area contributed by atoms with Crippen LogP contribution in [-0.4, -0.2) is 51.4 Å². The van der Waals surface area contributed by atoms with Gasteiger partial charge in [0, 0.05) is 32.6 Å². The molecule has 0 fully saturated rings. The highest BCUT2D eigenvalue weighted by Crippen LogP contribution is 2.15. The van der Waals surface area contributed by atoms with Crippen LogP contribution >= 0.6 is 0 Å². The fraction of sp³-hybridized carbons (Fsp3) is 0.562. The Balaban J connectivity index is 2.41. The number of carbonyl (C=O) groups excluding carboxylic acids is 1.